The monoisotopic (exact) mass is 446 g/mol. The summed E-state index contributed by atoms with van der Waals surface area (Å²) in [5.41, 5.74) is 4.45. The highest BCUT2D eigenvalue weighted by Crippen LogP contribution is 2.24. The zero-order valence-corrected chi connectivity index (χ0v) is 20.3. The van der Waals surface area contributed by atoms with Gasteiger partial charge in [0, 0.05) is 29.9 Å². The molecule has 0 radical (unpaired) electrons. The highest BCUT2D eigenvalue weighted by atomic mass is 16.5. The lowest BCUT2D eigenvalue weighted by atomic mass is 10.0. The minimum Gasteiger partial charge on any atom is -0.491 e. The van der Waals surface area contributed by atoms with Gasteiger partial charge in [-0.2, -0.15) is 0 Å². The number of unbranched alkanes of at least 4 members (excludes halogenated alkanes) is 5. The van der Waals surface area contributed by atoms with E-state index in [4.69, 9.17) is 4.74 Å². The second kappa shape index (κ2) is 13.1. The summed E-state index contributed by atoms with van der Waals surface area (Å²) in [4.78, 5) is 9.18. The number of benzene rings is 2. The molecular weight excluding hydrogens is 408 g/mol. The van der Waals surface area contributed by atoms with Crippen molar-refractivity contribution < 1.29 is 9.84 Å². The van der Waals surface area contributed by atoms with Crippen LogP contribution in [0.2, 0.25) is 0 Å². The Morgan fingerprint density at radius 2 is 1.36 bits per heavy atom. The number of aromatic nitrogens is 2. The quantitative estimate of drug-likeness (QED) is 0.281. The van der Waals surface area contributed by atoms with Gasteiger partial charge in [-0.25, -0.2) is 9.97 Å². The number of aliphatic hydroxyl groups is 1. The first-order valence-electron chi connectivity index (χ1n) is 12.4. The van der Waals surface area contributed by atoms with Crippen LogP contribution in [0.5, 0.6) is 5.75 Å². The van der Waals surface area contributed by atoms with E-state index in [1.807, 2.05) is 43.6 Å². The minimum absolute atomic E-state index is 0.0318. The maximum absolute atomic E-state index is 9.49. The van der Waals surface area contributed by atoms with E-state index in [2.05, 4.69) is 41.2 Å². The summed E-state index contributed by atoms with van der Waals surface area (Å²) in [7, 11) is 0. The Bertz CT molecular complexity index is 935. The summed E-state index contributed by atoms with van der Waals surface area (Å²) in [5.74, 6) is 1.54. The maximum Gasteiger partial charge on any atom is 0.159 e. The second-order valence-corrected chi connectivity index (χ2v) is 9.05. The molecule has 1 heterocycles. The van der Waals surface area contributed by atoms with Crippen LogP contribution >= 0.6 is 0 Å². The van der Waals surface area contributed by atoms with E-state index < -0.39 is 0 Å². The smallest absolute Gasteiger partial charge is 0.159 e. The molecule has 0 saturated heterocycles. The molecule has 0 bridgehead atoms. The first kappa shape index (κ1) is 24.9. The summed E-state index contributed by atoms with van der Waals surface area (Å²) in [6, 6.07) is 16.6. The number of rotatable bonds is 13. The van der Waals surface area contributed by atoms with Crippen molar-refractivity contribution in [3.05, 3.63) is 66.5 Å². The van der Waals surface area contributed by atoms with Crippen LogP contribution in [0, 0.1) is 0 Å². The normalized spacial score (nSPS) is 13.0. The van der Waals surface area contributed by atoms with Crippen molar-refractivity contribution in [2.24, 2.45) is 0 Å². The zero-order valence-electron chi connectivity index (χ0n) is 20.3. The molecular formula is C29H38N2O2. The van der Waals surface area contributed by atoms with Gasteiger partial charge in [-0.3, -0.25) is 0 Å². The van der Waals surface area contributed by atoms with Crippen molar-refractivity contribution >= 4 is 0 Å². The molecule has 0 aliphatic heterocycles. The highest BCUT2D eigenvalue weighted by molar-refractivity contribution is 5.64. The minimum atomic E-state index is -0.369. The summed E-state index contributed by atoms with van der Waals surface area (Å²) < 4.78 is 5.86. The predicted octanol–water partition coefficient (Wildman–Crippen LogP) is 7.25. The number of hydrogen-bond donors (Lipinski definition) is 1. The van der Waals surface area contributed by atoms with Gasteiger partial charge in [-0.05, 0) is 49.9 Å². The van der Waals surface area contributed by atoms with Crippen LogP contribution in [-0.4, -0.2) is 27.3 Å². The molecule has 4 nitrogen and oxygen atoms in total. The van der Waals surface area contributed by atoms with Crippen LogP contribution in [-0.2, 0) is 6.42 Å². The Balaban J connectivity index is 1.53. The fourth-order valence-electron chi connectivity index (χ4n) is 4.04. The first-order valence-corrected chi connectivity index (χ1v) is 12.4. The zero-order chi connectivity index (χ0) is 23.5. The highest BCUT2D eigenvalue weighted by Gasteiger charge is 2.09. The Morgan fingerprint density at radius 3 is 2.00 bits per heavy atom. The van der Waals surface area contributed by atoms with Crippen molar-refractivity contribution in [3.8, 4) is 28.3 Å². The fourth-order valence-corrected chi connectivity index (χ4v) is 4.04. The molecule has 2 atom stereocenters. The maximum atomic E-state index is 9.49. The van der Waals surface area contributed by atoms with E-state index in [-0.39, 0.29) is 12.2 Å². The molecule has 3 aromatic rings. The average Bonchev–Trinajstić information content (AvgIpc) is 2.82. The summed E-state index contributed by atoms with van der Waals surface area (Å²) in [6.45, 7) is 6.00. The largest absolute Gasteiger partial charge is 0.491 e. The number of hydrogen-bond acceptors (Lipinski definition) is 4. The standard InChI is InChI=1S/C29H38N2O2/c1-4-5-6-7-8-9-10-24-11-13-26(14-12-24)29-30-20-27(21-31-29)25-15-17-28(18-16-25)33-23(3)19-22(2)32/h11-18,20-23,32H,4-10,19H2,1-3H3/t22-,23+/m0/s1. The van der Waals surface area contributed by atoms with E-state index in [1.54, 1.807) is 6.92 Å². The molecule has 176 valence electrons. The summed E-state index contributed by atoms with van der Waals surface area (Å²) in [5, 5.41) is 9.49. The average molecular weight is 447 g/mol. The lowest BCUT2D eigenvalue weighted by Gasteiger charge is -2.16. The predicted molar refractivity (Wildman–Crippen MR) is 136 cm³/mol. The molecule has 33 heavy (non-hydrogen) atoms. The van der Waals surface area contributed by atoms with E-state index in [0.29, 0.717) is 6.42 Å². The van der Waals surface area contributed by atoms with Crippen LogP contribution in [0.15, 0.2) is 60.9 Å². The Labute approximate surface area is 199 Å². The molecule has 0 spiro atoms. The molecule has 1 aromatic heterocycles. The molecule has 1 N–H and O–H groups in total. The van der Waals surface area contributed by atoms with Gasteiger partial charge in [-0.1, -0.05) is 75.4 Å². The van der Waals surface area contributed by atoms with Crippen molar-refractivity contribution in [1.29, 1.82) is 0 Å². The molecule has 0 aliphatic carbocycles. The van der Waals surface area contributed by atoms with E-state index in [9.17, 15) is 5.11 Å². The van der Waals surface area contributed by atoms with Gasteiger partial charge in [-0.15, -0.1) is 0 Å². The van der Waals surface area contributed by atoms with Crippen molar-refractivity contribution in [1.82, 2.24) is 9.97 Å². The van der Waals surface area contributed by atoms with Gasteiger partial charge in [0.05, 0.1) is 12.2 Å². The third-order valence-electron chi connectivity index (χ3n) is 5.88. The Morgan fingerprint density at radius 1 is 0.758 bits per heavy atom. The molecule has 4 heteroatoms. The van der Waals surface area contributed by atoms with Crippen LogP contribution in [0.4, 0.5) is 0 Å². The van der Waals surface area contributed by atoms with Gasteiger partial charge < -0.3 is 9.84 Å². The van der Waals surface area contributed by atoms with Crippen molar-refractivity contribution in [3.63, 3.8) is 0 Å². The summed E-state index contributed by atoms with van der Waals surface area (Å²) >= 11 is 0. The number of nitrogens with zero attached hydrogens (tertiary/aromatic N) is 2. The van der Waals surface area contributed by atoms with Crippen molar-refractivity contribution in [2.75, 3.05) is 0 Å². The SMILES string of the molecule is CCCCCCCCc1ccc(-c2ncc(-c3ccc(O[C@H](C)C[C@H](C)O)cc3)cn2)cc1. The number of ether oxygens (including phenoxy) is 1. The Hall–Kier alpha value is -2.72. The van der Waals surface area contributed by atoms with Gasteiger partial charge in [0.15, 0.2) is 5.82 Å². The number of aryl methyl sites for hydroxylation is 1. The Kier molecular flexibility index (Phi) is 9.89. The molecule has 0 unspecified atom stereocenters. The third-order valence-corrected chi connectivity index (χ3v) is 5.88. The molecule has 0 fully saturated rings. The summed E-state index contributed by atoms with van der Waals surface area (Å²) in [6.07, 6.45) is 13.1. The third kappa shape index (κ3) is 8.29. The second-order valence-electron chi connectivity index (χ2n) is 9.05. The lowest BCUT2D eigenvalue weighted by molar-refractivity contribution is 0.115. The molecule has 2 aromatic carbocycles. The van der Waals surface area contributed by atoms with E-state index in [1.165, 1.54) is 44.1 Å². The van der Waals surface area contributed by atoms with Gasteiger partial charge >= 0.3 is 0 Å². The van der Waals surface area contributed by atoms with Crippen LogP contribution < -0.4 is 4.74 Å². The molecule has 0 saturated carbocycles. The molecule has 3 rings (SSSR count). The lowest BCUT2D eigenvalue weighted by Crippen LogP contribution is -2.18. The van der Waals surface area contributed by atoms with Crippen LogP contribution in [0.3, 0.4) is 0 Å². The fraction of sp³-hybridized carbons (Fsp3) is 0.448. The van der Waals surface area contributed by atoms with Crippen LogP contribution in [0.1, 0.15) is 71.3 Å². The van der Waals surface area contributed by atoms with E-state index in [0.717, 1.165) is 34.7 Å². The van der Waals surface area contributed by atoms with Crippen LogP contribution in [0.25, 0.3) is 22.5 Å². The molecule has 0 amide bonds. The molecule has 0 aliphatic rings. The van der Waals surface area contributed by atoms with Gasteiger partial charge in [0.25, 0.3) is 0 Å². The van der Waals surface area contributed by atoms with Gasteiger partial charge in [0.1, 0.15) is 5.75 Å². The first-order chi connectivity index (χ1) is 16.0. The van der Waals surface area contributed by atoms with Crippen molar-refractivity contribution in [2.45, 2.75) is 84.3 Å². The number of aliphatic hydroxyl groups excluding tert-OH is 1. The van der Waals surface area contributed by atoms with E-state index >= 15 is 0 Å². The van der Waals surface area contributed by atoms with Gasteiger partial charge in [0.2, 0.25) is 0 Å². The topological polar surface area (TPSA) is 55.2 Å².